The molecule has 0 saturated carbocycles. The number of amides is 1. The van der Waals surface area contributed by atoms with Gasteiger partial charge in [-0.1, -0.05) is 6.07 Å². The SMILES string of the molecule is COC(=O)Cc1ccc(OCCNC(=O)OC(C)(C)C)c(Br)c1. The third-order valence-corrected chi connectivity index (χ3v) is 3.22. The van der Waals surface area contributed by atoms with Crippen molar-refractivity contribution in [3.8, 4) is 5.75 Å². The van der Waals surface area contributed by atoms with Crippen molar-refractivity contribution in [2.24, 2.45) is 0 Å². The molecule has 1 amide bonds. The summed E-state index contributed by atoms with van der Waals surface area (Å²) in [6, 6.07) is 5.35. The minimum atomic E-state index is -0.524. The summed E-state index contributed by atoms with van der Waals surface area (Å²) in [5.41, 5.74) is 0.298. The Kier molecular flexibility index (Phi) is 7.35. The van der Waals surface area contributed by atoms with Crippen molar-refractivity contribution in [1.29, 1.82) is 0 Å². The van der Waals surface area contributed by atoms with Gasteiger partial charge < -0.3 is 19.5 Å². The van der Waals surface area contributed by atoms with E-state index in [9.17, 15) is 9.59 Å². The number of benzene rings is 1. The molecule has 128 valence electrons. The Morgan fingerprint density at radius 1 is 1.26 bits per heavy atom. The Hall–Kier alpha value is -1.76. The second-order valence-corrected chi connectivity index (χ2v) is 6.65. The summed E-state index contributed by atoms with van der Waals surface area (Å²) in [5, 5.41) is 2.61. The maximum absolute atomic E-state index is 11.5. The Bertz CT molecular complexity index is 554. The summed E-state index contributed by atoms with van der Waals surface area (Å²) >= 11 is 3.39. The zero-order valence-electron chi connectivity index (χ0n) is 13.8. The molecular formula is C16H22BrNO5. The van der Waals surface area contributed by atoms with Crippen LogP contribution in [0.3, 0.4) is 0 Å². The molecule has 1 rings (SSSR count). The fourth-order valence-corrected chi connectivity index (χ4v) is 2.18. The van der Waals surface area contributed by atoms with Crippen LogP contribution in [0.4, 0.5) is 4.79 Å². The number of nitrogens with one attached hydrogen (secondary N) is 1. The summed E-state index contributed by atoms with van der Waals surface area (Å²) in [7, 11) is 1.35. The number of esters is 1. The van der Waals surface area contributed by atoms with Crippen LogP contribution in [0.2, 0.25) is 0 Å². The highest BCUT2D eigenvalue weighted by Gasteiger charge is 2.15. The predicted molar refractivity (Wildman–Crippen MR) is 89.6 cm³/mol. The highest BCUT2D eigenvalue weighted by Crippen LogP contribution is 2.26. The average Bonchev–Trinajstić information content (AvgIpc) is 2.43. The minimum Gasteiger partial charge on any atom is -0.491 e. The van der Waals surface area contributed by atoms with Crippen LogP contribution < -0.4 is 10.1 Å². The second-order valence-electron chi connectivity index (χ2n) is 5.79. The van der Waals surface area contributed by atoms with Gasteiger partial charge in [0.05, 0.1) is 24.5 Å². The number of alkyl carbamates (subject to hydrolysis) is 1. The number of hydrogen-bond acceptors (Lipinski definition) is 5. The van der Waals surface area contributed by atoms with Crippen molar-refractivity contribution in [3.63, 3.8) is 0 Å². The molecule has 1 aromatic rings. The molecular weight excluding hydrogens is 366 g/mol. The molecule has 0 saturated heterocycles. The molecule has 7 heteroatoms. The van der Waals surface area contributed by atoms with E-state index < -0.39 is 11.7 Å². The largest absolute Gasteiger partial charge is 0.491 e. The molecule has 0 unspecified atom stereocenters. The van der Waals surface area contributed by atoms with E-state index in [1.807, 2.05) is 0 Å². The number of carbonyl (C=O) groups excluding carboxylic acids is 2. The third kappa shape index (κ3) is 7.88. The number of ether oxygens (including phenoxy) is 3. The van der Waals surface area contributed by atoms with E-state index in [1.165, 1.54) is 7.11 Å². The summed E-state index contributed by atoms with van der Waals surface area (Å²) in [5.74, 6) is 0.330. The average molecular weight is 388 g/mol. The Balaban J connectivity index is 2.41. The molecule has 23 heavy (non-hydrogen) atoms. The zero-order valence-corrected chi connectivity index (χ0v) is 15.4. The number of hydrogen-bond donors (Lipinski definition) is 1. The van der Waals surface area contributed by atoms with E-state index in [2.05, 4.69) is 26.0 Å². The predicted octanol–water partition coefficient (Wildman–Crippen LogP) is 3.07. The van der Waals surface area contributed by atoms with Crippen molar-refractivity contribution in [1.82, 2.24) is 5.32 Å². The lowest BCUT2D eigenvalue weighted by atomic mass is 10.1. The van der Waals surface area contributed by atoms with Gasteiger partial charge in [-0.05, 0) is 54.4 Å². The van der Waals surface area contributed by atoms with Crippen LogP contribution in [0, 0.1) is 0 Å². The zero-order chi connectivity index (χ0) is 17.5. The minimum absolute atomic E-state index is 0.204. The first-order valence-corrected chi connectivity index (χ1v) is 7.95. The maximum atomic E-state index is 11.5. The molecule has 0 radical (unpaired) electrons. The Morgan fingerprint density at radius 3 is 2.52 bits per heavy atom. The fourth-order valence-electron chi connectivity index (χ4n) is 1.64. The summed E-state index contributed by atoms with van der Waals surface area (Å²) in [6.45, 7) is 6.03. The maximum Gasteiger partial charge on any atom is 0.407 e. The molecule has 0 heterocycles. The van der Waals surface area contributed by atoms with Gasteiger partial charge in [-0.15, -0.1) is 0 Å². The van der Waals surface area contributed by atoms with Crippen molar-refractivity contribution in [3.05, 3.63) is 28.2 Å². The van der Waals surface area contributed by atoms with E-state index in [1.54, 1.807) is 39.0 Å². The van der Waals surface area contributed by atoms with E-state index in [0.717, 1.165) is 10.0 Å². The summed E-state index contributed by atoms with van der Waals surface area (Å²) in [6.07, 6.45) is -0.274. The topological polar surface area (TPSA) is 73.9 Å². The monoisotopic (exact) mass is 387 g/mol. The van der Waals surface area contributed by atoms with Gasteiger partial charge in [0.25, 0.3) is 0 Å². The molecule has 0 bridgehead atoms. The summed E-state index contributed by atoms with van der Waals surface area (Å²) in [4.78, 5) is 22.7. The Labute approximate surface area is 144 Å². The standard InChI is InChI=1S/C16H22BrNO5/c1-16(2,3)23-15(20)18-7-8-22-13-6-5-11(9-12(13)17)10-14(19)21-4/h5-6,9H,7-8,10H2,1-4H3,(H,18,20). The quantitative estimate of drug-likeness (QED) is 0.599. The van der Waals surface area contributed by atoms with Gasteiger partial charge in [0, 0.05) is 0 Å². The molecule has 0 atom stereocenters. The van der Waals surface area contributed by atoms with Crippen LogP contribution in [0.25, 0.3) is 0 Å². The van der Waals surface area contributed by atoms with Crippen molar-refractivity contribution >= 4 is 28.0 Å². The van der Waals surface area contributed by atoms with E-state index in [0.29, 0.717) is 18.9 Å². The Morgan fingerprint density at radius 2 is 1.96 bits per heavy atom. The van der Waals surface area contributed by atoms with Crippen molar-refractivity contribution < 1.29 is 23.8 Å². The van der Waals surface area contributed by atoms with Crippen LogP contribution in [0.1, 0.15) is 26.3 Å². The highest BCUT2D eigenvalue weighted by molar-refractivity contribution is 9.10. The van der Waals surface area contributed by atoms with Crippen LogP contribution in [0.5, 0.6) is 5.75 Å². The van der Waals surface area contributed by atoms with Crippen LogP contribution in [-0.4, -0.2) is 37.9 Å². The van der Waals surface area contributed by atoms with Crippen molar-refractivity contribution in [2.75, 3.05) is 20.3 Å². The molecule has 0 aromatic heterocycles. The molecule has 1 N–H and O–H groups in total. The normalized spacial score (nSPS) is 10.8. The van der Waals surface area contributed by atoms with Gasteiger partial charge in [-0.2, -0.15) is 0 Å². The molecule has 0 aliphatic carbocycles. The van der Waals surface area contributed by atoms with Crippen molar-refractivity contribution in [2.45, 2.75) is 32.8 Å². The van der Waals surface area contributed by atoms with Gasteiger partial charge in [-0.25, -0.2) is 4.79 Å². The molecule has 0 aliphatic heterocycles. The van der Waals surface area contributed by atoms with Crippen LogP contribution in [0.15, 0.2) is 22.7 Å². The lowest BCUT2D eigenvalue weighted by Gasteiger charge is -2.19. The highest BCUT2D eigenvalue weighted by atomic mass is 79.9. The first kappa shape index (κ1) is 19.3. The number of carbonyl (C=O) groups is 2. The first-order chi connectivity index (χ1) is 10.7. The lowest BCUT2D eigenvalue weighted by Crippen LogP contribution is -2.34. The van der Waals surface area contributed by atoms with Gasteiger partial charge in [0.1, 0.15) is 18.0 Å². The van der Waals surface area contributed by atoms with Gasteiger partial charge in [0.15, 0.2) is 0 Å². The molecule has 0 spiro atoms. The smallest absolute Gasteiger partial charge is 0.407 e. The molecule has 1 aromatic carbocycles. The lowest BCUT2D eigenvalue weighted by molar-refractivity contribution is -0.139. The van der Waals surface area contributed by atoms with E-state index in [4.69, 9.17) is 9.47 Å². The van der Waals surface area contributed by atoms with Gasteiger partial charge >= 0.3 is 12.1 Å². The number of rotatable bonds is 6. The summed E-state index contributed by atoms with van der Waals surface area (Å²) < 4.78 is 16.0. The van der Waals surface area contributed by atoms with Crippen LogP contribution >= 0.6 is 15.9 Å². The van der Waals surface area contributed by atoms with E-state index >= 15 is 0 Å². The number of methoxy groups -OCH3 is 1. The number of halogens is 1. The molecule has 0 aliphatic rings. The van der Waals surface area contributed by atoms with Gasteiger partial charge in [0.2, 0.25) is 0 Å². The molecule has 0 fully saturated rings. The fraction of sp³-hybridized carbons (Fsp3) is 0.500. The molecule has 6 nitrogen and oxygen atoms in total. The third-order valence-electron chi connectivity index (χ3n) is 2.60. The van der Waals surface area contributed by atoms with Gasteiger partial charge in [-0.3, -0.25) is 4.79 Å². The van der Waals surface area contributed by atoms with Crippen LogP contribution in [-0.2, 0) is 20.7 Å². The second kappa shape index (κ2) is 8.76. The van der Waals surface area contributed by atoms with E-state index in [-0.39, 0.29) is 12.4 Å². The first-order valence-electron chi connectivity index (χ1n) is 7.16.